The van der Waals surface area contributed by atoms with Crippen molar-refractivity contribution < 1.29 is 14.0 Å². The average molecular weight is 278 g/mol. The third kappa shape index (κ3) is 2.04. The van der Waals surface area contributed by atoms with Gasteiger partial charge in [0.1, 0.15) is 11.3 Å². The zero-order chi connectivity index (χ0) is 14.2. The van der Waals surface area contributed by atoms with Crippen molar-refractivity contribution in [3.63, 3.8) is 0 Å². The van der Waals surface area contributed by atoms with Crippen LogP contribution < -0.4 is 0 Å². The number of rotatable bonds is 2. The van der Waals surface area contributed by atoms with E-state index in [0.717, 1.165) is 16.5 Å². The molecule has 5 nitrogen and oxygen atoms in total. The largest absolute Gasteiger partial charge is 0.508 e. The monoisotopic (exact) mass is 278 g/mol. The molecule has 5 heteroatoms. The molecule has 0 saturated heterocycles. The number of hydrogen-bond donors (Lipinski definition) is 1. The minimum absolute atomic E-state index is 0.191. The van der Waals surface area contributed by atoms with Gasteiger partial charge in [0, 0.05) is 10.9 Å². The molecule has 0 bridgehead atoms. The Morgan fingerprint density at radius 2 is 1.76 bits per heavy atom. The van der Waals surface area contributed by atoms with Gasteiger partial charge in [-0.3, -0.25) is 0 Å². The number of aromatic nitrogens is 2. The summed E-state index contributed by atoms with van der Waals surface area (Å²) in [6, 6.07) is 16.1. The summed E-state index contributed by atoms with van der Waals surface area (Å²) < 4.78 is 10.9. The fraction of sp³-hybridized carbons (Fsp3) is 0. The van der Waals surface area contributed by atoms with Gasteiger partial charge in [-0.1, -0.05) is 23.4 Å². The molecule has 0 amide bonds. The molecule has 0 atom stereocenters. The maximum Gasteiger partial charge on any atom is 0.258 e. The van der Waals surface area contributed by atoms with Gasteiger partial charge < -0.3 is 14.0 Å². The van der Waals surface area contributed by atoms with Gasteiger partial charge in [-0.15, -0.1) is 0 Å². The molecular weight excluding hydrogens is 268 g/mol. The molecule has 102 valence electrons. The van der Waals surface area contributed by atoms with E-state index in [1.807, 2.05) is 30.3 Å². The van der Waals surface area contributed by atoms with Crippen molar-refractivity contribution in [1.82, 2.24) is 10.1 Å². The molecule has 0 unspecified atom stereocenters. The van der Waals surface area contributed by atoms with Crippen LogP contribution in [0.2, 0.25) is 0 Å². The predicted octanol–water partition coefficient (Wildman–Crippen LogP) is 3.86. The van der Waals surface area contributed by atoms with E-state index in [9.17, 15) is 5.11 Å². The molecule has 0 saturated carbocycles. The number of aromatic hydroxyl groups is 1. The molecular formula is C16H10N2O3. The van der Waals surface area contributed by atoms with Crippen LogP contribution in [-0.2, 0) is 0 Å². The number of nitrogens with zero attached hydrogens (tertiary/aromatic N) is 2. The third-order valence-electron chi connectivity index (χ3n) is 3.19. The van der Waals surface area contributed by atoms with Gasteiger partial charge in [-0.2, -0.15) is 4.98 Å². The second kappa shape index (κ2) is 4.49. The molecule has 2 aromatic carbocycles. The predicted molar refractivity (Wildman–Crippen MR) is 76.6 cm³/mol. The Labute approximate surface area is 119 Å². The summed E-state index contributed by atoms with van der Waals surface area (Å²) in [7, 11) is 0. The summed E-state index contributed by atoms with van der Waals surface area (Å²) in [5, 5.41) is 14.2. The van der Waals surface area contributed by atoms with Gasteiger partial charge in [-0.25, -0.2) is 0 Å². The molecule has 2 heterocycles. The topological polar surface area (TPSA) is 72.3 Å². The highest BCUT2D eigenvalue weighted by molar-refractivity contribution is 5.81. The molecule has 0 aliphatic carbocycles. The fourth-order valence-electron chi connectivity index (χ4n) is 2.14. The van der Waals surface area contributed by atoms with Gasteiger partial charge in [-0.05, 0) is 36.4 Å². The van der Waals surface area contributed by atoms with Crippen LogP contribution in [0.1, 0.15) is 0 Å². The van der Waals surface area contributed by atoms with Gasteiger partial charge >= 0.3 is 0 Å². The van der Waals surface area contributed by atoms with E-state index in [2.05, 4.69) is 10.1 Å². The van der Waals surface area contributed by atoms with E-state index >= 15 is 0 Å². The lowest BCUT2D eigenvalue weighted by Crippen LogP contribution is -1.78. The van der Waals surface area contributed by atoms with E-state index in [1.165, 1.54) is 0 Å². The Bertz CT molecular complexity index is 874. The number of para-hydroxylation sites is 1. The molecule has 21 heavy (non-hydrogen) atoms. The van der Waals surface area contributed by atoms with Crippen LogP contribution >= 0.6 is 0 Å². The van der Waals surface area contributed by atoms with Crippen LogP contribution in [0.5, 0.6) is 5.75 Å². The molecule has 1 N–H and O–H groups in total. The summed E-state index contributed by atoms with van der Waals surface area (Å²) >= 11 is 0. The molecule has 0 aliphatic heterocycles. The minimum Gasteiger partial charge on any atom is -0.508 e. The second-order valence-electron chi connectivity index (χ2n) is 4.62. The Kier molecular flexibility index (Phi) is 2.50. The Morgan fingerprint density at radius 1 is 0.952 bits per heavy atom. The lowest BCUT2D eigenvalue weighted by Gasteiger charge is -1.93. The van der Waals surface area contributed by atoms with Gasteiger partial charge in [0.15, 0.2) is 5.76 Å². The molecule has 0 radical (unpaired) electrons. The normalized spacial score (nSPS) is 11.0. The van der Waals surface area contributed by atoms with E-state index in [-0.39, 0.29) is 5.75 Å². The molecule has 4 rings (SSSR count). The Morgan fingerprint density at radius 3 is 2.57 bits per heavy atom. The van der Waals surface area contributed by atoms with Crippen molar-refractivity contribution in [2.45, 2.75) is 0 Å². The Balaban J connectivity index is 1.75. The number of hydrogen-bond acceptors (Lipinski definition) is 5. The highest BCUT2D eigenvalue weighted by atomic mass is 16.5. The van der Waals surface area contributed by atoms with Gasteiger partial charge in [0.2, 0.25) is 5.82 Å². The Hall–Kier alpha value is -3.08. The summed E-state index contributed by atoms with van der Waals surface area (Å²) in [4.78, 5) is 4.32. The number of benzene rings is 2. The molecule has 0 fully saturated rings. The lowest BCUT2D eigenvalue weighted by atomic mass is 10.2. The van der Waals surface area contributed by atoms with E-state index in [4.69, 9.17) is 8.94 Å². The highest BCUT2D eigenvalue weighted by Crippen LogP contribution is 2.28. The highest BCUT2D eigenvalue weighted by Gasteiger charge is 2.14. The first-order valence-electron chi connectivity index (χ1n) is 6.42. The van der Waals surface area contributed by atoms with E-state index in [0.29, 0.717) is 17.5 Å². The zero-order valence-electron chi connectivity index (χ0n) is 10.9. The summed E-state index contributed by atoms with van der Waals surface area (Å²) in [5.41, 5.74) is 1.52. The average Bonchev–Trinajstić information content (AvgIpc) is 3.14. The lowest BCUT2D eigenvalue weighted by molar-refractivity contribution is 0.430. The van der Waals surface area contributed by atoms with Crippen LogP contribution in [0.4, 0.5) is 0 Å². The van der Waals surface area contributed by atoms with E-state index < -0.39 is 0 Å². The SMILES string of the molecule is Oc1ccc(-c2nc(-c3cc4ccccc4o3)no2)cc1. The third-order valence-corrected chi connectivity index (χ3v) is 3.19. The quantitative estimate of drug-likeness (QED) is 0.602. The maximum absolute atomic E-state index is 9.29. The summed E-state index contributed by atoms with van der Waals surface area (Å²) in [6.45, 7) is 0. The number of fused-ring (bicyclic) bond motifs is 1. The van der Waals surface area contributed by atoms with Crippen LogP contribution in [0.3, 0.4) is 0 Å². The van der Waals surface area contributed by atoms with Gasteiger partial charge in [0.25, 0.3) is 5.89 Å². The van der Waals surface area contributed by atoms with E-state index in [1.54, 1.807) is 24.3 Å². The molecule has 0 spiro atoms. The fourth-order valence-corrected chi connectivity index (χ4v) is 2.14. The minimum atomic E-state index is 0.191. The summed E-state index contributed by atoms with van der Waals surface area (Å²) in [6.07, 6.45) is 0. The zero-order valence-corrected chi connectivity index (χ0v) is 10.9. The van der Waals surface area contributed by atoms with Crippen molar-refractivity contribution in [2.75, 3.05) is 0 Å². The number of furan rings is 1. The van der Waals surface area contributed by atoms with Crippen molar-refractivity contribution in [1.29, 1.82) is 0 Å². The van der Waals surface area contributed by atoms with Crippen molar-refractivity contribution >= 4 is 11.0 Å². The van der Waals surface area contributed by atoms with Crippen molar-refractivity contribution in [3.05, 3.63) is 54.6 Å². The first kappa shape index (κ1) is 11.7. The van der Waals surface area contributed by atoms with Crippen molar-refractivity contribution in [2.24, 2.45) is 0 Å². The molecule has 4 aromatic rings. The molecule has 0 aliphatic rings. The summed E-state index contributed by atoms with van der Waals surface area (Å²) in [5.74, 6) is 1.53. The number of phenolic OH excluding ortho intramolecular Hbond substituents is 1. The first-order chi connectivity index (χ1) is 10.3. The standard InChI is InChI=1S/C16H10N2O3/c19-12-7-5-10(6-8-12)16-17-15(18-21-16)14-9-11-3-1-2-4-13(11)20-14/h1-9,19H. The van der Waals surface area contributed by atoms with Crippen LogP contribution in [0.15, 0.2) is 63.5 Å². The van der Waals surface area contributed by atoms with Crippen molar-refractivity contribution in [3.8, 4) is 28.8 Å². The second-order valence-corrected chi connectivity index (χ2v) is 4.62. The smallest absolute Gasteiger partial charge is 0.258 e. The van der Waals surface area contributed by atoms with Crippen LogP contribution in [0, 0.1) is 0 Å². The number of phenols is 1. The maximum atomic E-state index is 9.29. The van der Waals surface area contributed by atoms with Crippen LogP contribution in [-0.4, -0.2) is 15.2 Å². The van der Waals surface area contributed by atoms with Gasteiger partial charge in [0.05, 0.1) is 0 Å². The van der Waals surface area contributed by atoms with Crippen LogP contribution in [0.25, 0.3) is 34.0 Å². The molecule has 2 aromatic heterocycles. The first-order valence-corrected chi connectivity index (χ1v) is 6.42.